The van der Waals surface area contributed by atoms with E-state index < -0.39 is 5.60 Å². The van der Waals surface area contributed by atoms with Crippen LogP contribution in [0.2, 0.25) is 0 Å². The van der Waals surface area contributed by atoms with E-state index >= 15 is 0 Å². The molecule has 4 nitrogen and oxygen atoms in total. The molecular formula is C14H20N2O2S. The summed E-state index contributed by atoms with van der Waals surface area (Å²) in [6.45, 7) is 1.32. The quantitative estimate of drug-likeness (QED) is 0.828. The van der Waals surface area contributed by atoms with E-state index in [2.05, 4.69) is 0 Å². The number of hydrogen-bond donors (Lipinski definition) is 2. The van der Waals surface area contributed by atoms with Crippen molar-refractivity contribution in [3.63, 3.8) is 0 Å². The van der Waals surface area contributed by atoms with E-state index in [4.69, 9.17) is 5.73 Å². The van der Waals surface area contributed by atoms with Crippen molar-refractivity contribution in [3.8, 4) is 0 Å². The first-order chi connectivity index (χ1) is 9.10. The highest BCUT2D eigenvalue weighted by Gasteiger charge is 2.44. The summed E-state index contributed by atoms with van der Waals surface area (Å²) in [6.07, 6.45) is 4.89. The van der Waals surface area contributed by atoms with Crippen molar-refractivity contribution in [1.82, 2.24) is 4.90 Å². The van der Waals surface area contributed by atoms with Crippen LogP contribution in [0.3, 0.4) is 0 Å². The average Bonchev–Trinajstić information content (AvgIpc) is 2.83. The highest BCUT2D eigenvalue weighted by molar-refractivity contribution is 7.12. The molecule has 5 heteroatoms. The van der Waals surface area contributed by atoms with Gasteiger partial charge in [-0.1, -0.05) is 12.8 Å². The number of likely N-dealkylation sites (tertiary alicyclic amines) is 1. The van der Waals surface area contributed by atoms with Crippen LogP contribution in [0.25, 0.3) is 0 Å². The van der Waals surface area contributed by atoms with Crippen molar-refractivity contribution in [2.45, 2.75) is 37.7 Å². The molecule has 1 aliphatic heterocycles. The van der Waals surface area contributed by atoms with Crippen LogP contribution in [-0.2, 0) is 0 Å². The molecule has 1 aromatic rings. The first kappa shape index (κ1) is 12.9. The lowest BCUT2D eigenvalue weighted by Gasteiger charge is -2.47. The van der Waals surface area contributed by atoms with Gasteiger partial charge in [-0.2, -0.15) is 0 Å². The molecule has 3 rings (SSSR count). The average molecular weight is 280 g/mol. The highest BCUT2D eigenvalue weighted by Crippen LogP contribution is 2.40. The summed E-state index contributed by atoms with van der Waals surface area (Å²) < 4.78 is 0. The summed E-state index contributed by atoms with van der Waals surface area (Å²) in [5.74, 6) is 0.264. The number of aliphatic hydroxyl groups is 1. The third-order valence-electron chi connectivity index (χ3n) is 4.60. The number of carbonyl (C=O) groups is 1. The summed E-state index contributed by atoms with van der Waals surface area (Å²) in [7, 11) is 0. The van der Waals surface area contributed by atoms with E-state index in [1.54, 1.807) is 6.07 Å². The maximum Gasteiger partial charge on any atom is 0.266 e. The van der Waals surface area contributed by atoms with Gasteiger partial charge < -0.3 is 15.7 Å². The zero-order valence-electron chi connectivity index (χ0n) is 11.0. The Bertz CT molecular complexity index is 488. The third kappa shape index (κ3) is 2.25. The topological polar surface area (TPSA) is 66.6 Å². The van der Waals surface area contributed by atoms with E-state index in [0.29, 0.717) is 30.1 Å². The number of nitrogens with two attached hydrogens (primary N) is 1. The maximum atomic E-state index is 12.4. The fourth-order valence-electron chi connectivity index (χ4n) is 3.39. The monoisotopic (exact) mass is 280 g/mol. The number of carbonyl (C=O) groups excluding carboxylic acids is 1. The molecule has 2 heterocycles. The number of amides is 1. The number of piperidine rings is 1. The van der Waals surface area contributed by atoms with Gasteiger partial charge in [-0.3, -0.25) is 4.79 Å². The molecule has 0 spiro atoms. The number of rotatable bonds is 1. The fraction of sp³-hybridized carbons (Fsp3) is 0.643. The van der Waals surface area contributed by atoms with E-state index in [1.165, 1.54) is 11.3 Å². The van der Waals surface area contributed by atoms with Gasteiger partial charge in [0.1, 0.15) is 4.88 Å². The Morgan fingerprint density at radius 2 is 2.32 bits per heavy atom. The second-order valence-corrected chi connectivity index (χ2v) is 6.67. The summed E-state index contributed by atoms with van der Waals surface area (Å²) in [4.78, 5) is 14.9. The zero-order valence-corrected chi connectivity index (χ0v) is 11.8. The number of anilines is 1. The Labute approximate surface area is 117 Å². The van der Waals surface area contributed by atoms with E-state index in [1.807, 2.05) is 10.3 Å². The molecule has 1 saturated heterocycles. The molecule has 2 aliphatic rings. The predicted molar refractivity (Wildman–Crippen MR) is 76.2 cm³/mol. The molecular weight excluding hydrogens is 260 g/mol. The summed E-state index contributed by atoms with van der Waals surface area (Å²) in [6, 6.07) is 1.78. The highest BCUT2D eigenvalue weighted by atomic mass is 32.1. The minimum absolute atomic E-state index is 0.0279. The number of fused-ring (bicyclic) bond motifs is 1. The lowest BCUT2D eigenvalue weighted by Crippen LogP contribution is -2.54. The van der Waals surface area contributed by atoms with E-state index in [-0.39, 0.29) is 11.8 Å². The van der Waals surface area contributed by atoms with Crippen molar-refractivity contribution in [3.05, 3.63) is 16.3 Å². The summed E-state index contributed by atoms with van der Waals surface area (Å²) in [5, 5.41) is 12.5. The molecule has 1 amide bonds. The molecule has 2 unspecified atom stereocenters. The van der Waals surface area contributed by atoms with Gasteiger partial charge in [0.15, 0.2) is 0 Å². The van der Waals surface area contributed by atoms with Crippen molar-refractivity contribution < 1.29 is 9.90 Å². The molecule has 1 saturated carbocycles. The molecule has 3 N–H and O–H groups in total. The van der Waals surface area contributed by atoms with Crippen LogP contribution in [0.1, 0.15) is 41.8 Å². The molecule has 2 atom stereocenters. The van der Waals surface area contributed by atoms with Crippen LogP contribution in [0.5, 0.6) is 0 Å². The van der Waals surface area contributed by atoms with Crippen LogP contribution in [-0.4, -0.2) is 34.6 Å². The molecule has 0 bridgehead atoms. The molecule has 0 radical (unpaired) electrons. The van der Waals surface area contributed by atoms with Gasteiger partial charge in [0.25, 0.3) is 5.91 Å². The Balaban J connectivity index is 1.74. The minimum atomic E-state index is -0.532. The van der Waals surface area contributed by atoms with E-state index in [9.17, 15) is 9.90 Å². The second-order valence-electron chi connectivity index (χ2n) is 5.75. The van der Waals surface area contributed by atoms with Crippen molar-refractivity contribution >= 4 is 22.9 Å². The van der Waals surface area contributed by atoms with Crippen LogP contribution in [0, 0.1) is 5.92 Å². The van der Waals surface area contributed by atoms with Gasteiger partial charge in [-0.15, -0.1) is 11.3 Å². The third-order valence-corrected chi connectivity index (χ3v) is 5.52. The smallest absolute Gasteiger partial charge is 0.266 e. The first-order valence-corrected chi connectivity index (χ1v) is 7.83. The number of thiophene rings is 1. The number of nitrogens with zero attached hydrogens (tertiary/aromatic N) is 1. The Hall–Kier alpha value is -1.07. The molecule has 0 aromatic carbocycles. The minimum Gasteiger partial charge on any atom is -0.397 e. The van der Waals surface area contributed by atoms with Crippen LogP contribution < -0.4 is 5.73 Å². The zero-order chi connectivity index (χ0) is 13.5. The van der Waals surface area contributed by atoms with Crippen molar-refractivity contribution in [1.29, 1.82) is 0 Å². The van der Waals surface area contributed by atoms with Gasteiger partial charge in [0, 0.05) is 19.0 Å². The van der Waals surface area contributed by atoms with Crippen LogP contribution in [0.4, 0.5) is 5.69 Å². The number of nitrogen functional groups attached to an aromatic ring is 1. The maximum absolute atomic E-state index is 12.4. The lowest BCUT2D eigenvalue weighted by molar-refractivity contribution is -0.0885. The standard InChI is InChI=1S/C14H20N2O2S/c15-11-4-8-19-12(11)13(17)16-7-6-14(18)5-2-1-3-10(14)9-16/h4,8,10,18H,1-3,5-7,9,15H2. The van der Waals surface area contributed by atoms with Gasteiger partial charge in [0.2, 0.25) is 0 Å². The van der Waals surface area contributed by atoms with E-state index in [0.717, 1.165) is 25.7 Å². The van der Waals surface area contributed by atoms with Gasteiger partial charge in [-0.25, -0.2) is 0 Å². The normalized spacial score (nSPS) is 31.0. The molecule has 2 fully saturated rings. The second kappa shape index (κ2) is 4.80. The van der Waals surface area contributed by atoms with Crippen LogP contribution in [0.15, 0.2) is 11.4 Å². The lowest BCUT2D eigenvalue weighted by atomic mass is 9.71. The molecule has 19 heavy (non-hydrogen) atoms. The first-order valence-electron chi connectivity index (χ1n) is 6.95. The fourth-order valence-corrected chi connectivity index (χ4v) is 4.18. The summed E-state index contributed by atoms with van der Waals surface area (Å²) in [5.41, 5.74) is 5.86. The molecule has 104 valence electrons. The van der Waals surface area contributed by atoms with Gasteiger partial charge in [0.05, 0.1) is 11.3 Å². The van der Waals surface area contributed by atoms with Gasteiger partial charge in [-0.05, 0) is 30.7 Å². The molecule has 1 aromatic heterocycles. The Kier molecular flexibility index (Phi) is 3.27. The number of hydrogen-bond acceptors (Lipinski definition) is 4. The van der Waals surface area contributed by atoms with Gasteiger partial charge >= 0.3 is 0 Å². The Morgan fingerprint density at radius 3 is 3.05 bits per heavy atom. The van der Waals surface area contributed by atoms with Crippen molar-refractivity contribution in [2.24, 2.45) is 5.92 Å². The summed E-state index contributed by atoms with van der Waals surface area (Å²) >= 11 is 1.40. The molecule has 1 aliphatic carbocycles. The SMILES string of the molecule is Nc1ccsc1C(=O)N1CCC2(O)CCCCC2C1. The largest absolute Gasteiger partial charge is 0.397 e. The van der Waals surface area contributed by atoms with Crippen molar-refractivity contribution in [2.75, 3.05) is 18.8 Å². The van der Waals surface area contributed by atoms with Crippen LogP contribution >= 0.6 is 11.3 Å². The Morgan fingerprint density at radius 1 is 1.47 bits per heavy atom. The predicted octanol–water partition coefficient (Wildman–Crippen LogP) is 2.10.